The molecule has 0 unspecified atom stereocenters. The average molecular weight is 256 g/mol. The van der Waals surface area contributed by atoms with Gasteiger partial charge in [-0.25, -0.2) is 0 Å². The minimum absolute atomic E-state index is 0.534. The molecule has 0 spiro atoms. The third-order valence-electron chi connectivity index (χ3n) is 7.24. The molecule has 104 valence electrons. The SMILES string of the molecule is C[C@@]12CCC[C@H]1C1=CCC3=CCCC[C@]3(C)[C@H]1CC2. The van der Waals surface area contributed by atoms with Gasteiger partial charge in [-0.2, -0.15) is 0 Å². The molecule has 4 atom stereocenters. The first kappa shape index (κ1) is 12.2. The quantitative estimate of drug-likeness (QED) is 0.491. The van der Waals surface area contributed by atoms with E-state index in [0.717, 1.165) is 11.8 Å². The summed E-state index contributed by atoms with van der Waals surface area (Å²) in [6.45, 7) is 5.17. The number of rotatable bonds is 0. The molecular formula is C19H28. The van der Waals surface area contributed by atoms with E-state index in [2.05, 4.69) is 26.0 Å². The van der Waals surface area contributed by atoms with Crippen molar-refractivity contribution in [3.05, 3.63) is 23.3 Å². The van der Waals surface area contributed by atoms with Gasteiger partial charge in [-0.3, -0.25) is 0 Å². The van der Waals surface area contributed by atoms with Crippen molar-refractivity contribution >= 4 is 0 Å². The van der Waals surface area contributed by atoms with Gasteiger partial charge in [0, 0.05) is 0 Å². The highest BCUT2D eigenvalue weighted by molar-refractivity contribution is 5.35. The van der Waals surface area contributed by atoms with Crippen LogP contribution in [-0.4, -0.2) is 0 Å². The molecule has 0 aromatic carbocycles. The first-order valence-corrected chi connectivity index (χ1v) is 8.53. The van der Waals surface area contributed by atoms with Crippen molar-refractivity contribution in [3.63, 3.8) is 0 Å². The van der Waals surface area contributed by atoms with Crippen LogP contribution in [0.4, 0.5) is 0 Å². The monoisotopic (exact) mass is 256 g/mol. The molecule has 0 amide bonds. The van der Waals surface area contributed by atoms with Crippen molar-refractivity contribution in [2.45, 2.75) is 71.6 Å². The number of allylic oxidation sites excluding steroid dienone is 4. The Balaban J connectivity index is 1.76. The highest BCUT2D eigenvalue weighted by atomic mass is 14.6. The van der Waals surface area contributed by atoms with E-state index in [-0.39, 0.29) is 0 Å². The minimum atomic E-state index is 0.534. The molecule has 4 rings (SSSR count). The zero-order chi connectivity index (χ0) is 13.1. The van der Waals surface area contributed by atoms with Crippen LogP contribution in [0.1, 0.15) is 71.6 Å². The third-order valence-corrected chi connectivity index (χ3v) is 7.24. The van der Waals surface area contributed by atoms with Crippen molar-refractivity contribution in [2.75, 3.05) is 0 Å². The fourth-order valence-electron chi connectivity index (χ4n) is 6.04. The van der Waals surface area contributed by atoms with Crippen molar-refractivity contribution < 1.29 is 0 Å². The summed E-state index contributed by atoms with van der Waals surface area (Å²) < 4.78 is 0. The Bertz CT molecular complexity index is 455. The summed E-state index contributed by atoms with van der Waals surface area (Å²) in [4.78, 5) is 0. The molecule has 19 heavy (non-hydrogen) atoms. The summed E-state index contributed by atoms with van der Waals surface area (Å²) in [5.74, 6) is 1.83. The Kier molecular flexibility index (Phi) is 2.57. The van der Waals surface area contributed by atoms with Crippen LogP contribution in [-0.2, 0) is 0 Å². The Hall–Kier alpha value is -0.520. The fraction of sp³-hybridized carbons (Fsp3) is 0.789. The van der Waals surface area contributed by atoms with Gasteiger partial charge in [-0.05, 0) is 74.0 Å². The summed E-state index contributed by atoms with van der Waals surface area (Å²) in [5.41, 5.74) is 4.88. The second-order valence-electron chi connectivity index (χ2n) is 8.14. The maximum absolute atomic E-state index is 2.66. The highest BCUT2D eigenvalue weighted by Crippen LogP contribution is 2.63. The van der Waals surface area contributed by atoms with Crippen molar-refractivity contribution in [1.29, 1.82) is 0 Å². The molecule has 0 heteroatoms. The van der Waals surface area contributed by atoms with Crippen LogP contribution in [0.2, 0.25) is 0 Å². The van der Waals surface area contributed by atoms with Gasteiger partial charge in [-0.15, -0.1) is 0 Å². The highest BCUT2D eigenvalue weighted by Gasteiger charge is 2.52. The summed E-state index contributed by atoms with van der Waals surface area (Å²) in [7, 11) is 0. The molecule has 0 aromatic heterocycles. The van der Waals surface area contributed by atoms with Gasteiger partial charge in [-0.1, -0.05) is 43.6 Å². The molecule has 0 N–H and O–H groups in total. The number of fused-ring (bicyclic) bond motifs is 5. The van der Waals surface area contributed by atoms with Crippen LogP contribution in [0.3, 0.4) is 0 Å². The second kappa shape index (κ2) is 3.99. The van der Waals surface area contributed by atoms with E-state index in [1.165, 1.54) is 57.8 Å². The Morgan fingerprint density at radius 2 is 1.84 bits per heavy atom. The van der Waals surface area contributed by atoms with Crippen LogP contribution in [0.5, 0.6) is 0 Å². The van der Waals surface area contributed by atoms with Crippen LogP contribution >= 0.6 is 0 Å². The smallest absolute Gasteiger partial charge is 0.00477 e. The second-order valence-corrected chi connectivity index (χ2v) is 8.14. The van der Waals surface area contributed by atoms with Gasteiger partial charge in [0.05, 0.1) is 0 Å². The molecule has 4 aliphatic carbocycles. The van der Waals surface area contributed by atoms with Gasteiger partial charge >= 0.3 is 0 Å². The van der Waals surface area contributed by atoms with Gasteiger partial charge in [0.1, 0.15) is 0 Å². The van der Waals surface area contributed by atoms with Crippen molar-refractivity contribution in [1.82, 2.24) is 0 Å². The van der Waals surface area contributed by atoms with Crippen molar-refractivity contribution in [2.24, 2.45) is 22.7 Å². The van der Waals surface area contributed by atoms with E-state index in [1.807, 2.05) is 5.57 Å². The average Bonchev–Trinajstić information content (AvgIpc) is 2.79. The molecular weight excluding hydrogens is 228 g/mol. The summed E-state index contributed by atoms with van der Waals surface area (Å²) >= 11 is 0. The predicted octanol–water partition coefficient (Wildman–Crippen LogP) is 5.65. The Morgan fingerprint density at radius 3 is 2.74 bits per heavy atom. The molecule has 0 bridgehead atoms. The van der Waals surface area contributed by atoms with Crippen molar-refractivity contribution in [3.8, 4) is 0 Å². The molecule has 2 fully saturated rings. The fourth-order valence-corrected chi connectivity index (χ4v) is 6.04. The van der Waals surface area contributed by atoms with Gasteiger partial charge < -0.3 is 0 Å². The molecule has 0 saturated heterocycles. The molecule has 0 nitrogen and oxygen atoms in total. The normalized spacial score (nSPS) is 48.7. The van der Waals surface area contributed by atoms with E-state index in [1.54, 1.807) is 5.57 Å². The first-order chi connectivity index (χ1) is 9.13. The Morgan fingerprint density at radius 1 is 0.947 bits per heavy atom. The lowest BCUT2D eigenvalue weighted by molar-refractivity contribution is 0.100. The molecule has 0 aliphatic heterocycles. The van der Waals surface area contributed by atoms with E-state index in [0.29, 0.717) is 10.8 Å². The summed E-state index contributed by atoms with van der Waals surface area (Å²) in [5, 5.41) is 0. The van der Waals surface area contributed by atoms with E-state index in [9.17, 15) is 0 Å². The topological polar surface area (TPSA) is 0 Å². The Labute approximate surface area is 118 Å². The summed E-state index contributed by atoms with van der Waals surface area (Å²) in [6.07, 6.45) is 18.1. The van der Waals surface area contributed by atoms with E-state index in [4.69, 9.17) is 0 Å². The molecule has 0 heterocycles. The largest absolute Gasteiger partial charge is 0.0844 e. The zero-order valence-electron chi connectivity index (χ0n) is 12.7. The van der Waals surface area contributed by atoms with Gasteiger partial charge in [0.2, 0.25) is 0 Å². The van der Waals surface area contributed by atoms with E-state index >= 15 is 0 Å². The lowest BCUT2D eigenvalue weighted by Crippen LogP contribution is -2.43. The molecule has 4 aliphatic rings. The third kappa shape index (κ3) is 1.58. The maximum Gasteiger partial charge on any atom is -0.00477 e. The van der Waals surface area contributed by atoms with Gasteiger partial charge in [0.25, 0.3) is 0 Å². The van der Waals surface area contributed by atoms with Crippen LogP contribution < -0.4 is 0 Å². The standard InChI is InChI=1S/C19H28/c1-18-11-5-7-16(18)15-9-8-14-6-3-4-12-19(14,2)17(15)10-13-18/h6,9,16-17H,3-5,7-8,10-13H2,1-2H3/t16-,17-,18-,19-/m0/s1. The predicted molar refractivity (Wildman–Crippen MR) is 80.9 cm³/mol. The van der Waals surface area contributed by atoms with Crippen LogP contribution in [0, 0.1) is 22.7 Å². The zero-order valence-corrected chi connectivity index (χ0v) is 12.7. The van der Waals surface area contributed by atoms with Crippen LogP contribution in [0.25, 0.3) is 0 Å². The maximum atomic E-state index is 2.66. The summed E-state index contributed by atoms with van der Waals surface area (Å²) in [6, 6.07) is 0. The first-order valence-electron chi connectivity index (χ1n) is 8.53. The van der Waals surface area contributed by atoms with Gasteiger partial charge in [0.15, 0.2) is 0 Å². The molecule has 0 aromatic rings. The number of hydrogen-bond donors (Lipinski definition) is 0. The minimum Gasteiger partial charge on any atom is -0.0844 e. The lowest BCUT2D eigenvalue weighted by Gasteiger charge is -2.53. The number of hydrogen-bond acceptors (Lipinski definition) is 0. The van der Waals surface area contributed by atoms with E-state index < -0.39 is 0 Å². The molecule has 0 radical (unpaired) electrons. The molecule has 2 saturated carbocycles. The van der Waals surface area contributed by atoms with Crippen LogP contribution in [0.15, 0.2) is 23.3 Å². The lowest BCUT2D eigenvalue weighted by atomic mass is 9.51.